The first kappa shape index (κ1) is 15.8. The van der Waals surface area contributed by atoms with E-state index in [-0.39, 0.29) is 21.6 Å². The normalized spacial score (nSPS) is 20.0. The molecule has 116 valence electrons. The molecular formula is C14H20N2O4S. The number of nitrogens with one attached hydrogen (secondary N) is 1. The van der Waals surface area contributed by atoms with Gasteiger partial charge in [-0.3, -0.25) is 0 Å². The zero-order valence-electron chi connectivity index (χ0n) is 12.3. The van der Waals surface area contributed by atoms with Crippen molar-refractivity contribution in [2.75, 3.05) is 19.4 Å². The van der Waals surface area contributed by atoms with E-state index >= 15 is 0 Å². The summed E-state index contributed by atoms with van der Waals surface area (Å²) >= 11 is 0. The molecule has 0 radical (unpaired) electrons. The standard InChI is InChI=1S/C14H20N2O4S/c1-14(2)7-10(14)8-16-21(18,19)12-5-4-9(6-11(12)15)13(17)20-3/h4-6,10,16H,7-8,15H2,1-3H3. The monoisotopic (exact) mass is 312 g/mol. The Balaban J connectivity index is 2.14. The Morgan fingerprint density at radius 2 is 2.10 bits per heavy atom. The number of nitrogen functional groups attached to an aromatic ring is 1. The molecule has 1 aliphatic rings. The van der Waals surface area contributed by atoms with Crippen molar-refractivity contribution in [2.45, 2.75) is 25.2 Å². The quantitative estimate of drug-likeness (QED) is 0.632. The van der Waals surface area contributed by atoms with Crippen LogP contribution in [0.2, 0.25) is 0 Å². The zero-order chi connectivity index (χ0) is 15.8. The number of hydrogen-bond acceptors (Lipinski definition) is 5. The maximum Gasteiger partial charge on any atom is 0.337 e. The fourth-order valence-electron chi connectivity index (χ4n) is 2.25. The molecular weight excluding hydrogens is 292 g/mol. The second-order valence-electron chi connectivity index (χ2n) is 5.99. The van der Waals surface area contributed by atoms with Crippen LogP contribution >= 0.6 is 0 Å². The number of sulfonamides is 1. The Morgan fingerprint density at radius 3 is 2.57 bits per heavy atom. The number of methoxy groups -OCH3 is 1. The van der Waals surface area contributed by atoms with Crippen molar-refractivity contribution in [3.8, 4) is 0 Å². The molecule has 7 heteroatoms. The topological polar surface area (TPSA) is 98.5 Å². The molecule has 0 aliphatic heterocycles. The number of benzene rings is 1. The minimum atomic E-state index is -3.67. The molecule has 6 nitrogen and oxygen atoms in total. The van der Waals surface area contributed by atoms with Crippen molar-refractivity contribution < 1.29 is 17.9 Å². The Bertz CT molecular complexity index is 668. The molecule has 1 aromatic carbocycles. The van der Waals surface area contributed by atoms with Crippen LogP contribution in [0.4, 0.5) is 5.69 Å². The van der Waals surface area contributed by atoms with Gasteiger partial charge in [0.2, 0.25) is 10.0 Å². The summed E-state index contributed by atoms with van der Waals surface area (Å²) < 4.78 is 31.6. The van der Waals surface area contributed by atoms with Crippen molar-refractivity contribution in [3.63, 3.8) is 0 Å². The average molecular weight is 312 g/mol. The molecule has 1 unspecified atom stereocenters. The fourth-order valence-corrected chi connectivity index (χ4v) is 3.44. The summed E-state index contributed by atoms with van der Waals surface area (Å²) in [4.78, 5) is 11.4. The van der Waals surface area contributed by atoms with Gasteiger partial charge in [-0.1, -0.05) is 13.8 Å². The van der Waals surface area contributed by atoms with Crippen LogP contribution in [0.5, 0.6) is 0 Å². The molecule has 21 heavy (non-hydrogen) atoms. The van der Waals surface area contributed by atoms with Gasteiger partial charge in [-0.2, -0.15) is 0 Å². The van der Waals surface area contributed by atoms with Gasteiger partial charge in [0, 0.05) is 6.54 Å². The minimum Gasteiger partial charge on any atom is -0.465 e. The summed E-state index contributed by atoms with van der Waals surface area (Å²) in [5.74, 6) is -0.207. The molecule has 0 aromatic heterocycles. The number of esters is 1. The van der Waals surface area contributed by atoms with E-state index in [1.165, 1.54) is 25.3 Å². The highest BCUT2D eigenvalue weighted by atomic mass is 32.2. The van der Waals surface area contributed by atoms with Gasteiger partial charge in [-0.05, 0) is 36.0 Å². The molecule has 0 amide bonds. The molecule has 0 saturated heterocycles. The van der Waals surface area contributed by atoms with E-state index in [1.54, 1.807) is 0 Å². The molecule has 0 spiro atoms. The summed E-state index contributed by atoms with van der Waals surface area (Å²) in [6, 6.07) is 4.02. The van der Waals surface area contributed by atoms with Gasteiger partial charge < -0.3 is 10.5 Å². The highest BCUT2D eigenvalue weighted by Gasteiger charge is 2.45. The second-order valence-corrected chi connectivity index (χ2v) is 7.72. The largest absolute Gasteiger partial charge is 0.465 e. The van der Waals surface area contributed by atoms with E-state index in [0.717, 1.165) is 6.42 Å². The predicted molar refractivity (Wildman–Crippen MR) is 79.3 cm³/mol. The van der Waals surface area contributed by atoms with Crippen LogP contribution in [0.15, 0.2) is 23.1 Å². The van der Waals surface area contributed by atoms with Gasteiger partial charge in [0.05, 0.1) is 18.4 Å². The van der Waals surface area contributed by atoms with Crippen LogP contribution in [0.1, 0.15) is 30.6 Å². The summed E-state index contributed by atoms with van der Waals surface area (Å²) in [6.07, 6.45) is 1.01. The minimum absolute atomic E-state index is 0.0198. The van der Waals surface area contributed by atoms with Crippen molar-refractivity contribution in [3.05, 3.63) is 23.8 Å². The second kappa shape index (κ2) is 5.31. The van der Waals surface area contributed by atoms with E-state index < -0.39 is 16.0 Å². The lowest BCUT2D eigenvalue weighted by Gasteiger charge is -2.10. The Hall–Kier alpha value is -1.60. The summed E-state index contributed by atoms with van der Waals surface area (Å²) in [5.41, 5.74) is 6.19. The van der Waals surface area contributed by atoms with Gasteiger partial charge in [0.25, 0.3) is 0 Å². The number of nitrogens with two attached hydrogens (primary N) is 1. The van der Waals surface area contributed by atoms with Gasteiger partial charge in [0.15, 0.2) is 0 Å². The summed E-state index contributed by atoms with van der Waals surface area (Å²) in [5, 5.41) is 0. The number of carbonyl (C=O) groups excluding carboxylic acids is 1. The first-order chi connectivity index (χ1) is 9.67. The van der Waals surface area contributed by atoms with Crippen LogP contribution in [0.3, 0.4) is 0 Å². The number of carbonyl (C=O) groups is 1. The van der Waals surface area contributed by atoms with Crippen molar-refractivity contribution in [1.29, 1.82) is 0 Å². The third-order valence-electron chi connectivity index (χ3n) is 3.96. The van der Waals surface area contributed by atoms with Gasteiger partial charge in [-0.15, -0.1) is 0 Å². The average Bonchev–Trinajstić information content (AvgIpc) is 3.03. The van der Waals surface area contributed by atoms with Crippen molar-refractivity contribution in [1.82, 2.24) is 4.72 Å². The molecule has 3 N–H and O–H groups in total. The van der Waals surface area contributed by atoms with Gasteiger partial charge in [0.1, 0.15) is 4.90 Å². The summed E-state index contributed by atoms with van der Waals surface area (Å²) in [6.45, 7) is 4.60. The highest BCUT2D eigenvalue weighted by molar-refractivity contribution is 7.89. The highest BCUT2D eigenvalue weighted by Crippen LogP contribution is 2.51. The number of ether oxygens (including phenoxy) is 1. The molecule has 1 saturated carbocycles. The van der Waals surface area contributed by atoms with E-state index in [9.17, 15) is 13.2 Å². The van der Waals surface area contributed by atoms with Crippen LogP contribution in [-0.2, 0) is 14.8 Å². The molecule has 1 aliphatic carbocycles. The first-order valence-corrected chi connectivity index (χ1v) is 8.13. The SMILES string of the molecule is COC(=O)c1ccc(S(=O)(=O)NCC2CC2(C)C)c(N)c1. The summed E-state index contributed by atoms with van der Waals surface area (Å²) in [7, 11) is -2.42. The predicted octanol–water partition coefficient (Wildman–Crippen LogP) is 1.38. The molecule has 1 aromatic rings. The molecule has 0 heterocycles. The van der Waals surface area contributed by atoms with E-state index in [2.05, 4.69) is 23.3 Å². The molecule has 1 atom stereocenters. The van der Waals surface area contributed by atoms with E-state index in [4.69, 9.17) is 5.73 Å². The first-order valence-electron chi connectivity index (χ1n) is 6.65. The Morgan fingerprint density at radius 1 is 1.48 bits per heavy atom. The fraction of sp³-hybridized carbons (Fsp3) is 0.500. The van der Waals surface area contributed by atoms with Crippen LogP contribution in [0, 0.1) is 11.3 Å². The van der Waals surface area contributed by atoms with Gasteiger partial charge in [-0.25, -0.2) is 17.9 Å². The molecule has 0 bridgehead atoms. The van der Waals surface area contributed by atoms with Crippen molar-refractivity contribution >= 4 is 21.7 Å². The zero-order valence-corrected chi connectivity index (χ0v) is 13.2. The lowest BCUT2D eigenvalue weighted by atomic mass is 10.1. The Kier molecular flexibility index (Phi) is 3.99. The smallest absolute Gasteiger partial charge is 0.337 e. The van der Waals surface area contributed by atoms with E-state index in [0.29, 0.717) is 12.5 Å². The number of hydrogen-bond donors (Lipinski definition) is 2. The van der Waals surface area contributed by atoms with Crippen LogP contribution in [0.25, 0.3) is 0 Å². The Labute approximate surface area is 124 Å². The van der Waals surface area contributed by atoms with Crippen LogP contribution in [-0.4, -0.2) is 28.0 Å². The van der Waals surface area contributed by atoms with Crippen LogP contribution < -0.4 is 10.5 Å². The van der Waals surface area contributed by atoms with Gasteiger partial charge >= 0.3 is 5.97 Å². The van der Waals surface area contributed by atoms with Crippen molar-refractivity contribution in [2.24, 2.45) is 11.3 Å². The third-order valence-corrected chi connectivity index (χ3v) is 5.46. The van der Waals surface area contributed by atoms with E-state index in [1.807, 2.05) is 0 Å². The maximum absolute atomic E-state index is 12.2. The number of rotatable bonds is 5. The lowest BCUT2D eigenvalue weighted by molar-refractivity contribution is 0.0600. The molecule has 2 rings (SSSR count). The molecule has 1 fully saturated rings. The third kappa shape index (κ3) is 3.36. The maximum atomic E-state index is 12.2. The number of anilines is 1. The lowest BCUT2D eigenvalue weighted by Crippen LogP contribution is -2.27.